The number of hydrogen-bond acceptors (Lipinski definition) is 5. The number of carbonyl (C=O) groups is 1. The maximum Gasteiger partial charge on any atom is 0.295 e. The van der Waals surface area contributed by atoms with E-state index in [1.807, 2.05) is 44.2 Å². The van der Waals surface area contributed by atoms with Crippen LogP contribution in [0, 0.1) is 13.8 Å². The molecule has 0 unspecified atom stereocenters. The number of benzene rings is 3. The lowest BCUT2D eigenvalue weighted by Gasteiger charge is -2.11. The molecule has 0 saturated carbocycles. The number of carbonyl (C=O) groups excluding carboxylic acids is 1. The van der Waals surface area contributed by atoms with Crippen LogP contribution in [0.5, 0.6) is 11.5 Å². The standard InChI is InChI=1S/C25H23ClN4O3/c1-15-7-5-10-21(16(15)2)30-24(17-8-6-9-18(26)13-17)28-23(29-30)25(31)27-20-14-19(32-3)11-12-22(20)33-4/h5-14H,1-4H3,(H,27,31). The maximum atomic E-state index is 13.2. The summed E-state index contributed by atoms with van der Waals surface area (Å²) in [4.78, 5) is 17.7. The lowest BCUT2D eigenvalue weighted by Crippen LogP contribution is -2.15. The van der Waals surface area contributed by atoms with Gasteiger partial charge in [0.05, 0.1) is 25.6 Å². The van der Waals surface area contributed by atoms with Crippen molar-refractivity contribution in [2.45, 2.75) is 13.8 Å². The molecular weight excluding hydrogens is 440 g/mol. The van der Waals surface area contributed by atoms with Crippen LogP contribution in [-0.2, 0) is 0 Å². The molecule has 7 nitrogen and oxygen atoms in total. The Balaban J connectivity index is 1.80. The van der Waals surface area contributed by atoms with E-state index in [2.05, 4.69) is 15.4 Å². The highest BCUT2D eigenvalue weighted by Crippen LogP contribution is 2.30. The van der Waals surface area contributed by atoms with Gasteiger partial charge in [0.1, 0.15) is 11.5 Å². The third kappa shape index (κ3) is 4.54. The van der Waals surface area contributed by atoms with E-state index in [1.54, 1.807) is 42.1 Å². The van der Waals surface area contributed by atoms with Crippen LogP contribution in [0.1, 0.15) is 21.7 Å². The van der Waals surface area contributed by atoms with Crippen molar-refractivity contribution in [2.24, 2.45) is 0 Å². The fraction of sp³-hybridized carbons (Fsp3) is 0.160. The van der Waals surface area contributed by atoms with Gasteiger partial charge in [-0.3, -0.25) is 4.79 Å². The van der Waals surface area contributed by atoms with E-state index in [-0.39, 0.29) is 5.82 Å². The molecule has 33 heavy (non-hydrogen) atoms. The molecule has 168 valence electrons. The molecule has 4 rings (SSSR count). The Morgan fingerprint density at radius 2 is 1.79 bits per heavy atom. The molecule has 0 aliphatic carbocycles. The molecule has 0 atom stereocenters. The molecule has 0 aliphatic rings. The predicted molar refractivity (Wildman–Crippen MR) is 129 cm³/mol. The third-order valence-electron chi connectivity index (χ3n) is 5.35. The first kappa shape index (κ1) is 22.4. The predicted octanol–water partition coefficient (Wildman–Crippen LogP) is 5.47. The van der Waals surface area contributed by atoms with Crippen LogP contribution in [0.25, 0.3) is 17.1 Å². The van der Waals surface area contributed by atoms with Gasteiger partial charge < -0.3 is 14.8 Å². The van der Waals surface area contributed by atoms with E-state index >= 15 is 0 Å². The van der Waals surface area contributed by atoms with Gasteiger partial charge >= 0.3 is 0 Å². The number of rotatable bonds is 6. The summed E-state index contributed by atoms with van der Waals surface area (Å²) in [6.45, 7) is 4.03. The molecule has 0 aliphatic heterocycles. The Morgan fingerprint density at radius 3 is 2.52 bits per heavy atom. The largest absolute Gasteiger partial charge is 0.497 e. The molecule has 1 aromatic heterocycles. The fourth-order valence-corrected chi connectivity index (χ4v) is 3.64. The first-order valence-electron chi connectivity index (χ1n) is 10.2. The number of ether oxygens (including phenoxy) is 2. The Morgan fingerprint density at radius 1 is 1.00 bits per heavy atom. The van der Waals surface area contributed by atoms with Crippen molar-refractivity contribution in [1.29, 1.82) is 0 Å². The van der Waals surface area contributed by atoms with E-state index in [4.69, 9.17) is 21.1 Å². The topological polar surface area (TPSA) is 78.3 Å². The van der Waals surface area contributed by atoms with Crippen LogP contribution in [0.15, 0.2) is 60.7 Å². The van der Waals surface area contributed by atoms with Crippen LogP contribution in [0.2, 0.25) is 5.02 Å². The molecule has 0 fully saturated rings. The van der Waals surface area contributed by atoms with Crippen LogP contribution in [0.3, 0.4) is 0 Å². The number of anilines is 1. The smallest absolute Gasteiger partial charge is 0.295 e. The molecule has 0 bridgehead atoms. The van der Waals surface area contributed by atoms with Crippen molar-refractivity contribution in [3.63, 3.8) is 0 Å². The number of nitrogens with zero attached hydrogens (tertiary/aromatic N) is 3. The Labute approximate surface area is 196 Å². The summed E-state index contributed by atoms with van der Waals surface area (Å²) in [5.74, 6) is 1.12. The normalized spacial score (nSPS) is 10.7. The molecule has 0 spiro atoms. The van der Waals surface area contributed by atoms with E-state index < -0.39 is 5.91 Å². The zero-order valence-electron chi connectivity index (χ0n) is 18.7. The van der Waals surface area contributed by atoms with Crippen molar-refractivity contribution in [2.75, 3.05) is 19.5 Å². The van der Waals surface area contributed by atoms with Crippen molar-refractivity contribution >= 4 is 23.2 Å². The number of halogens is 1. The average Bonchev–Trinajstić information content (AvgIpc) is 3.26. The number of methoxy groups -OCH3 is 2. The van der Waals surface area contributed by atoms with Gasteiger partial charge in [-0.1, -0.05) is 35.9 Å². The van der Waals surface area contributed by atoms with Gasteiger partial charge in [-0.15, -0.1) is 5.10 Å². The number of aryl methyl sites for hydroxylation is 1. The van der Waals surface area contributed by atoms with Crippen LogP contribution < -0.4 is 14.8 Å². The summed E-state index contributed by atoms with van der Waals surface area (Å²) in [5.41, 5.74) is 4.16. The van der Waals surface area contributed by atoms with Gasteiger partial charge in [-0.25, -0.2) is 9.67 Å². The molecule has 1 heterocycles. The van der Waals surface area contributed by atoms with Gasteiger partial charge in [0.2, 0.25) is 5.82 Å². The van der Waals surface area contributed by atoms with Crippen molar-refractivity contribution in [3.05, 3.63) is 82.6 Å². The zero-order valence-corrected chi connectivity index (χ0v) is 19.5. The van der Waals surface area contributed by atoms with Gasteiger partial charge in [-0.05, 0) is 55.3 Å². The summed E-state index contributed by atoms with van der Waals surface area (Å²) >= 11 is 6.23. The van der Waals surface area contributed by atoms with Crippen LogP contribution in [0.4, 0.5) is 5.69 Å². The molecule has 1 N–H and O–H groups in total. The van der Waals surface area contributed by atoms with Crippen LogP contribution >= 0.6 is 11.6 Å². The Bertz CT molecular complexity index is 1330. The Hall–Kier alpha value is -3.84. The van der Waals surface area contributed by atoms with Crippen molar-refractivity contribution in [1.82, 2.24) is 14.8 Å². The fourth-order valence-electron chi connectivity index (χ4n) is 3.45. The van der Waals surface area contributed by atoms with Crippen molar-refractivity contribution in [3.8, 4) is 28.6 Å². The average molecular weight is 463 g/mol. The molecular formula is C25H23ClN4O3. The molecule has 3 aromatic carbocycles. The van der Waals surface area contributed by atoms with E-state index in [0.717, 1.165) is 22.4 Å². The number of amides is 1. The second kappa shape index (κ2) is 9.34. The minimum absolute atomic E-state index is 0.00996. The monoisotopic (exact) mass is 462 g/mol. The first-order valence-corrected chi connectivity index (χ1v) is 10.6. The number of hydrogen-bond donors (Lipinski definition) is 1. The highest BCUT2D eigenvalue weighted by atomic mass is 35.5. The lowest BCUT2D eigenvalue weighted by atomic mass is 10.1. The summed E-state index contributed by atoms with van der Waals surface area (Å²) in [7, 11) is 3.08. The maximum absolute atomic E-state index is 13.2. The highest BCUT2D eigenvalue weighted by Gasteiger charge is 2.21. The van der Waals surface area contributed by atoms with E-state index in [0.29, 0.717) is 28.0 Å². The van der Waals surface area contributed by atoms with Crippen molar-refractivity contribution < 1.29 is 14.3 Å². The quantitative estimate of drug-likeness (QED) is 0.411. The van der Waals surface area contributed by atoms with E-state index in [1.165, 1.54) is 7.11 Å². The van der Waals surface area contributed by atoms with Gasteiger partial charge in [0.25, 0.3) is 5.91 Å². The summed E-state index contributed by atoms with van der Waals surface area (Å²) in [5, 5.41) is 7.95. The first-order chi connectivity index (χ1) is 15.9. The molecule has 0 saturated heterocycles. The minimum Gasteiger partial charge on any atom is -0.497 e. The highest BCUT2D eigenvalue weighted by molar-refractivity contribution is 6.30. The second-order valence-corrected chi connectivity index (χ2v) is 7.86. The lowest BCUT2D eigenvalue weighted by molar-refractivity contribution is 0.101. The minimum atomic E-state index is -0.478. The van der Waals surface area contributed by atoms with Gasteiger partial charge in [-0.2, -0.15) is 0 Å². The second-order valence-electron chi connectivity index (χ2n) is 7.42. The van der Waals surface area contributed by atoms with Gasteiger partial charge in [0, 0.05) is 16.7 Å². The number of nitrogens with one attached hydrogen (secondary N) is 1. The van der Waals surface area contributed by atoms with E-state index in [9.17, 15) is 4.79 Å². The third-order valence-corrected chi connectivity index (χ3v) is 5.59. The van der Waals surface area contributed by atoms with Gasteiger partial charge in [0.15, 0.2) is 5.82 Å². The zero-order chi connectivity index (χ0) is 23.5. The molecule has 0 radical (unpaired) electrons. The van der Waals surface area contributed by atoms with Crippen LogP contribution in [-0.4, -0.2) is 34.9 Å². The Kier molecular flexibility index (Phi) is 6.33. The molecule has 4 aromatic rings. The summed E-state index contributed by atoms with van der Waals surface area (Å²) in [6.07, 6.45) is 0. The number of aromatic nitrogens is 3. The summed E-state index contributed by atoms with van der Waals surface area (Å²) < 4.78 is 12.3. The molecule has 8 heteroatoms. The SMILES string of the molecule is COc1ccc(OC)c(NC(=O)c2nc(-c3cccc(Cl)c3)n(-c3cccc(C)c3C)n2)c1. The summed E-state index contributed by atoms with van der Waals surface area (Å²) in [6, 6.07) is 18.3. The molecule has 1 amide bonds.